The molecule has 9 aromatic rings. The molecule has 1 spiro atoms. The highest BCUT2D eigenvalue weighted by molar-refractivity contribution is 6.26. The number of para-hydroxylation sites is 2. The minimum absolute atomic E-state index is 0.434. The number of fused-ring (bicyclic) bond motifs is 8. The highest BCUT2D eigenvalue weighted by atomic mass is 15.1. The van der Waals surface area contributed by atoms with Gasteiger partial charge >= 0.3 is 0 Å². The normalized spacial score (nSPS) is 13.8. The van der Waals surface area contributed by atoms with Crippen LogP contribution < -0.4 is 0 Å². The van der Waals surface area contributed by atoms with Gasteiger partial charge in [-0.3, -0.25) is 4.57 Å². The summed E-state index contributed by atoms with van der Waals surface area (Å²) in [7, 11) is 0. The van der Waals surface area contributed by atoms with Crippen LogP contribution in [0.4, 0.5) is 0 Å². The molecule has 3 nitrogen and oxygen atoms in total. The van der Waals surface area contributed by atoms with E-state index in [0.29, 0.717) is 0 Å². The number of nitrogens with zero attached hydrogens (tertiary/aromatic N) is 3. The van der Waals surface area contributed by atoms with Crippen LogP contribution in [0, 0.1) is 0 Å². The van der Waals surface area contributed by atoms with Gasteiger partial charge in [-0.2, -0.15) is 0 Å². The van der Waals surface area contributed by atoms with Crippen LogP contribution in [-0.2, 0) is 5.41 Å². The summed E-state index contributed by atoms with van der Waals surface area (Å²) >= 11 is 0. The predicted molar refractivity (Wildman–Crippen MR) is 188 cm³/mol. The average molecular weight is 584 g/mol. The van der Waals surface area contributed by atoms with Gasteiger partial charge in [0.05, 0.1) is 27.5 Å². The molecule has 2 aromatic heterocycles. The summed E-state index contributed by atoms with van der Waals surface area (Å²) in [6.45, 7) is 0. The Morgan fingerprint density at radius 1 is 0.413 bits per heavy atom. The zero-order valence-corrected chi connectivity index (χ0v) is 24.8. The summed E-state index contributed by atoms with van der Waals surface area (Å²) in [5.74, 6) is 0.849. The van der Waals surface area contributed by atoms with Crippen molar-refractivity contribution in [3.8, 4) is 28.2 Å². The minimum Gasteiger partial charge on any atom is -0.292 e. The van der Waals surface area contributed by atoms with Gasteiger partial charge in [0.2, 0.25) is 0 Å². The zero-order valence-electron chi connectivity index (χ0n) is 24.8. The lowest BCUT2D eigenvalue weighted by atomic mass is 9.63. The maximum absolute atomic E-state index is 5.38. The highest BCUT2D eigenvalue weighted by Crippen LogP contribution is 2.62. The predicted octanol–water partition coefficient (Wildman–Crippen LogP) is 10.2. The molecule has 0 saturated heterocycles. The Kier molecular flexibility index (Phi) is 4.52. The fraction of sp³-hybridized carbons (Fsp3) is 0.0233. The lowest BCUT2D eigenvalue weighted by molar-refractivity contribution is 0.783. The second-order valence-electron chi connectivity index (χ2n) is 12.5. The molecule has 2 aliphatic rings. The Labute approximate surface area is 265 Å². The molecule has 3 heteroatoms. The number of aromatic nitrogens is 3. The first kappa shape index (κ1) is 24.3. The minimum atomic E-state index is -0.434. The van der Waals surface area contributed by atoms with Crippen molar-refractivity contribution in [1.29, 1.82) is 0 Å². The lowest BCUT2D eigenvalue weighted by Gasteiger charge is -2.37. The molecule has 2 heterocycles. The van der Waals surface area contributed by atoms with Gasteiger partial charge in [0.25, 0.3) is 0 Å². The number of benzene rings is 7. The van der Waals surface area contributed by atoms with Crippen molar-refractivity contribution in [2.45, 2.75) is 5.41 Å². The van der Waals surface area contributed by atoms with E-state index in [1.54, 1.807) is 0 Å². The van der Waals surface area contributed by atoms with Gasteiger partial charge in [-0.25, -0.2) is 9.97 Å². The maximum Gasteiger partial charge on any atom is 0.165 e. The van der Waals surface area contributed by atoms with Gasteiger partial charge in [0.15, 0.2) is 5.82 Å². The molecule has 0 N–H and O–H groups in total. The van der Waals surface area contributed by atoms with Gasteiger partial charge < -0.3 is 0 Å². The van der Waals surface area contributed by atoms with Crippen molar-refractivity contribution in [2.24, 2.45) is 0 Å². The highest BCUT2D eigenvalue weighted by Gasteiger charge is 2.50. The Morgan fingerprint density at radius 2 is 1.00 bits per heavy atom. The van der Waals surface area contributed by atoms with E-state index in [2.05, 4.69) is 144 Å². The summed E-state index contributed by atoms with van der Waals surface area (Å²) in [5, 5.41) is 5.17. The van der Waals surface area contributed by atoms with E-state index < -0.39 is 5.41 Å². The Bertz CT molecular complexity index is 2710. The first-order valence-corrected chi connectivity index (χ1v) is 15.9. The van der Waals surface area contributed by atoms with Gasteiger partial charge in [-0.1, -0.05) is 127 Å². The second-order valence-corrected chi connectivity index (χ2v) is 12.5. The number of hydrogen-bond acceptors (Lipinski definition) is 2. The molecule has 0 aliphatic heterocycles. The van der Waals surface area contributed by atoms with Gasteiger partial charge in [0.1, 0.15) is 5.69 Å². The number of hydrogen-bond donors (Lipinski definition) is 0. The Balaban J connectivity index is 1.37. The molecule has 0 fully saturated rings. The molecule has 0 saturated carbocycles. The second kappa shape index (κ2) is 8.56. The van der Waals surface area contributed by atoms with Gasteiger partial charge in [-0.05, 0) is 68.4 Å². The van der Waals surface area contributed by atoms with E-state index in [0.717, 1.165) is 39.1 Å². The van der Waals surface area contributed by atoms with Crippen molar-refractivity contribution in [3.63, 3.8) is 0 Å². The van der Waals surface area contributed by atoms with Crippen molar-refractivity contribution in [3.05, 3.63) is 174 Å². The van der Waals surface area contributed by atoms with E-state index in [1.165, 1.54) is 54.9 Å². The first-order valence-electron chi connectivity index (χ1n) is 15.9. The average Bonchev–Trinajstić information content (AvgIpc) is 3.62. The van der Waals surface area contributed by atoms with E-state index >= 15 is 0 Å². The molecule has 11 rings (SSSR count). The fourth-order valence-corrected chi connectivity index (χ4v) is 8.68. The smallest absolute Gasteiger partial charge is 0.165 e. The third-order valence-electron chi connectivity index (χ3n) is 10.4. The summed E-state index contributed by atoms with van der Waals surface area (Å²) in [4.78, 5) is 10.6. The van der Waals surface area contributed by atoms with Crippen LogP contribution in [0.15, 0.2) is 152 Å². The molecule has 0 unspecified atom stereocenters. The molecule has 7 aromatic carbocycles. The van der Waals surface area contributed by atoms with Gasteiger partial charge in [0, 0.05) is 16.3 Å². The summed E-state index contributed by atoms with van der Waals surface area (Å²) in [5.41, 5.74) is 13.6. The third kappa shape index (κ3) is 2.80. The van der Waals surface area contributed by atoms with Crippen LogP contribution in [0.1, 0.15) is 22.3 Å². The van der Waals surface area contributed by atoms with Crippen molar-refractivity contribution >= 4 is 43.6 Å². The van der Waals surface area contributed by atoms with Crippen LogP contribution in [-0.4, -0.2) is 14.5 Å². The van der Waals surface area contributed by atoms with E-state index in [4.69, 9.17) is 9.97 Å². The van der Waals surface area contributed by atoms with E-state index in [9.17, 15) is 0 Å². The van der Waals surface area contributed by atoms with Crippen molar-refractivity contribution < 1.29 is 0 Å². The van der Waals surface area contributed by atoms with Crippen LogP contribution in [0.5, 0.6) is 0 Å². The van der Waals surface area contributed by atoms with Crippen LogP contribution in [0.25, 0.3) is 71.8 Å². The molecule has 46 heavy (non-hydrogen) atoms. The van der Waals surface area contributed by atoms with Crippen LogP contribution >= 0.6 is 0 Å². The molecule has 0 bridgehead atoms. The quantitative estimate of drug-likeness (QED) is 0.203. The molecular weight excluding hydrogens is 558 g/mol. The fourth-order valence-electron chi connectivity index (χ4n) is 8.68. The van der Waals surface area contributed by atoms with Crippen molar-refractivity contribution in [1.82, 2.24) is 14.5 Å². The SMILES string of the molecule is c1ccc(-c2nc3ccccc3nc2-n2c3cccc4c3c3c5c(cccc5ccc32)C42c3ccccc3-c3ccccc32)cc1. The molecule has 0 radical (unpaired) electrons. The zero-order chi connectivity index (χ0) is 30.0. The molecule has 0 atom stereocenters. The Hall–Kier alpha value is -6.06. The maximum atomic E-state index is 5.38. The molecule has 212 valence electrons. The summed E-state index contributed by atoms with van der Waals surface area (Å²) in [6, 6.07) is 55.0. The summed E-state index contributed by atoms with van der Waals surface area (Å²) < 4.78 is 2.37. The largest absolute Gasteiger partial charge is 0.292 e. The van der Waals surface area contributed by atoms with Crippen LogP contribution in [0.2, 0.25) is 0 Å². The van der Waals surface area contributed by atoms with Crippen molar-refractivity contribution in [2.75, 3.05) is 0 Å². The molecule has 2 aliphatic carbocycles. The lowest BCUT2D eigenvalue weighted by Crippen LogP contribution is -2.30. The van der Waals surface area contributed by atoms with Crippen LogP contribution in [0.3, 0.4) is 0 Å². The number of rotatable bonds is 2. The molecule has 0 amide bonds. The van der Waals surface area contributed by atoms with Gasteiger partial charge in [-0.15, -0.1) is 0 Å². The third-order valence-corrected chi connectivity index (χ3v) is 10.4. The summed E-state index contributed by atoms with van der Waals surface area (Å²) in [6.07, 6.45) is 0. The van der Waals surface area contributed by atoms with E-state index in [1.807, 2.05) is 12.1 Å². The first-order chi connectivity index (χ1) is 22.8. The standard InChI is InChI=1S/C43H25N3/c1-2-12-27(13-3-1)41-42(45-35-22-9-8-21-34(35)44-41)46-36-23-11-20-33-39(36)40-37(46)25-24-26-14-10-19-32(38(26)40)43(33)30-17-6-4-15-28(30)29-16-5-7-18-31(29)43/h1-25H. The topological polar surface area (TPSA) is 30.7 Å². The monoisotopic (exact) mass is 583 g/mol. The Morgan fingerprint density at radius 3 is 1.76 bits per heavy atom. The molecular formula is C43H25N3. The van der Waals surface area contributed by atoms with E-state index in [-0.39, 0.29) is 0 Å².